The fourth-order valence-electron chi connectivity index (χ4n) is 1.73. The first-order valence-electron chi connectivity index (χ1n) is 6.94. The van der Waals surface area contributed by atoms with Crippen LogP contribution in [0.3, 0.4) is 0 Å². The first-order chi connectivity index (χ1) is 9.51. The molecule has 0 aliphatic carbocycles. The smallest absolute Gasteiger partial charge is 0.377 e. The zero-order valence-corrected chi connectivity index (χ0v) is 11.8. The molecule has 1 N–H and O–H groups in total. The van der Waals surface area contributed by atoms with Crippen molar-refractivity contribution < 1.29 is 17.9 Å². The second kappa shape index (κ2) is 8.97. The molecule has 0 heterocycles. The van der Waals surface area contributed by atoms with E-state index in [4.69, 9.17) is 4.74 Å². The number of hydrogen-bond donors (Lipinski definition) is 1. The topological polar surface area (TPSA) is 21.3 Å². The normalized spacial score (nSPS) is 11.8. The molecule has 20 heavy (non-hydrogen) atoms. The van der Waals surface area contributed by atoms with Crippen LogP contribution in [0.2, 0.25) is 0 Å². The maximum Gasteiger partial charge on any atom is 0.389 e. The Morgan fingerprint density at radius 3 is 2.35 bits per heavy atom. The Labute approximate surface area is 118 Å². The molecule has 1 rings (SSSR count). The van der Waals surface area contributed by atoms with Gasteiger partial charge in [0.1, 0.15) is 0 Å². The van der Waals surface area contributed by atoms with Crippen LogP contribution in [-0.2, 0) is 17.9 Å². The fraction of sp³-hybridized carbons (Fsp3) is 0.600. The largest absolute Gasteiger partial charge is 0.389 e. The molecule has 0 spiro atoms. The Balaban J connectivity index is 2.18. The van der Waals surface area contributed by atoms with E-state index in [2.05, 4.69) is 12.2 Å². The van der Waals surface area contributed by atoms with Crippen LogP contribution in [0.4, 0.5) is 13.2 Å². The van der Waals surface area contributed by atoms with Crippen LogP contribution in [-0.4, -0.2) is 19.3 Å². The van der Waals surface area contributed by atoms with E-state index in [0.717, 1.165) is 25.1 Å². The number of alkyl halides is 3. The van der Waals surface area contributed by atoms with Crippen molar-refractivity contribution >= 4 is 0 Å². The summed E-state index contributed by atoms with van der Waals surface area (Å²) in [6, 6.07) is 7.92. The summed E-state index contributed by atoms with van der Waals surface area (Å²) in [5.74, 6) is 0. The second-order valence-corrected chi connectivity index (χ2v) is 4.76. The molecule has 0 saturated heterocycles. The average Bonchev–Trinajstić information content (AvgIpc) is 2.39. The second-order valence-electron chi connectivity index (χ2n) is 4.76. The summed E-state index contributed by atoms with van der Waals surface area (Å²) in [5.41, 5.74) is 2.18. The Bertz CT molecular complexity index is 362. The molecule has 1 aromatic rings. The van der Waals surface area contributed by atoms with Crippen LogP contribution in [0, 0.1) is 0 Å². The predicted molar refractivity (Wildman–Crippen MR) is 73.4 cm³/mol. The van der Waals surface area contributed by atoms with Gasteiger partial charge in [-0.2, -0.15) is 13.2 Å². The van der Waals surface area contributed by atoms with Crippen LogP contribution in [0.25, 0.3) is 0 Å². The van der Waals surface area contributed by atoms with E-state index in [-0.39, 0.29) is 13.0 Å². The Kier molecular flexibility index (Phi) is 7.62. The molecule has 0 fully saturated rings. The lowest BCUT2D eigenvalue weighted by atomic mass is 10.1. The standard InChI is InChI=1S/C15H22F3NO/c1-2-9-19-11-13-4-6-14(7-5-13)12-20-10-3-8-15(16,17)18/h4-7,19H,2-3,8-12H2,1H3. The van der Waals surface area contributed by atoms with Gasteiger partial charge in [-0.05, 0) is 30.5 Å². The summed E-state index contributed by atoms with van der Waals surface area (Å²) in [5, 5.41) is 3.31. The number of nitrogens with one attached hydrogen (secondary N) is 1. The van der Waals surface area contributed by atoms with Crippen LogP contribution < -0.4 is 5.32 Å². The van der Waals surface area contributed by atoms with Crippen molar-refractivity contribution in [2.75, 3.05) is 13.2 Å². The highest BCUT2D eigenvalue weighted by atomic mass is 19.4. The lowest BCUT2D eigenvalue weighted by Gasteiger charge is -2.08. The molecule has 0 aromatic heterocycles. The van der Waals surface area contributed by atoms with E-state index in [0.29, 0.717) is 6.61 Å². The zero-order chi connectivity index (χ0) is 14.8. The minimum atomic E-state index is -4.09. The van der Waals surface area contributed by atoms with Crippen LogP contribution in [0.5, 0.6) is 0 Å². The quantitative estimate of drug-likeness (QED) is 0.693. The van der Waals surface area contributed by atoms with Crippen molar-refractivity contribution in [3.8, 4) is 0 Å². The minimum Gasteiger partial charge on any atom is -0.377 e. The first kappa shape index (κ1) is 17.0. The van der Waals surface area contributed by atoms with E-state index in [1.165, 1.54) is 5.56 Å². The molecule has 0 aliphatic rings. The van der Waals surface area contributed by atoms with Crippen molar-refractivity contribution in [1.82, 2.24) is 5.32 Å². The van der Waals surface area contributed by atoms with E-state index in [1.807, 2.05) is 24.3 Å². The summed E-state index contributed by atoms with van der Waals surface area (Å²) >= 11 is 0. The number of ether oxygens (including phenoxy) is 1. The van der Waals surface area contributed by atoms with Gasteiger partial charge >= 0.3 is 6.18 Å². The van der Waals surface area contributed by atoms with Crippen LogP contribution in [0.1, 0.15) is 37.3 Å². The predicted octanol–water partition coefficient (Wildman–Crippen LogP) is 4.05. The Morgan fingerprint density at radius 2 is 1.75 bits per heavy atom. The van der Waals surface area contributed by atoms with Gasteiger partial charge in [-0.1, -0.05) is 31.2 Å². The zero-order valence-electron chi connectivity index (χ0n) is 11.8. The highest BCUT2D eigenvalue weighted by Gasteiger charge is 2.25. The molecule has 0 bridgehead atoms. The third-order valence-corrected chi connectivity index (χ3v) is 2.80. The molecular weight excluding hydrogens is 267 g/mol. The number of hydrogen-bond acceptors (Lipinski definition) is 2. The van der Waals surface area contributed by atoms with E-state index in [9.17, 15) is 13.2 Å². The van der Waals surface area contributed by atoms with Gasteiger partial charge in [0.25, 0.3) is 0 Å². The maximum absolute atomic E-state index is 11.9. The van der Waals surface area contributed by atoms with E-state index >= 15 is 0 Å². The van der Waals surface area contributed by atoms with Crippen molar-refractivity contribution in [3.05, 3.63) is 35.4 Å². The van der Waals surface area contributed by atoms with Gasteiger partial charge in [0, 0.05) is 19.6 Å². The number of rotatable bonds is 9. The summed E-state index contributed by atoms with van der Waals surface area (Å²) in [6.45, 7) is 4.44. The number of benzene rings is 1. The molecule has 0 unspecified atom stereocenters. The summed E-state index contributed by atoms with van der Waals surface area (Å²) in [7, 11) is 0. The molecule has 0 radical (unpaired) electrons. The lowest BCUT2D eigenvalue weighted by molar-refractivity contribution is -0.138. The molecule has 5 heteroatoms. The third-order valence-electron chi connectivity index (χ3n) is 2.80. The van der Waals surface area contributed by atoms with Crippen molar-refractivity contribution in [1.29, 1.82) is 0 Å². The molecular formula is C15H22F3NO. The number of halogens is 3. The van der Waals surface area contributed by atoms with Gasteiger partial charge in [0.15, 0.2) is 0 Å². The third kappa shape index (κ3) is 8.17. The monoisotopic (exact) mass is 289 g/mol. The van der Waals surface area contributed by atoms with Gasteiger partial charge in [0.05, 0.1) is 6.61 Å². The van der Waals surface area contributed by atoms with Crippen LogP contribution in [0.15, 0.2) is 24.3 Å². The van der Waals surface area contributed by atoms with Crippen LogP contribution >= 0.6 is 0 Å². The Morgan fingerprint density at radius 1 is 1.10 bits per heavy atom. The molecule has 0 aliphatic heterocycles. The van der Waals surface area contributed by atoms with Crippen molar-refractivity contribution in [2.24, 2.45) is 0 Å². The maximum atomic E-state index is 11.9. The van der Waals surface area contributed by atoms with Crippen molar-refractivity contribution in [2.45, 2.75) is 45.5 Å². The molecule has 0 amide bonds. The first-order valence-corrected chi connectivity index (χ1v) is 6.94. The molecule has 114 valence electrons. The fourth-order valence-corrected chi connectivity index (χ4v) is 1.73. The van der Waals surface area contributed by atoms with Gasteiger partial charge < -0.3 is 10.1 Å². The van der Waals surface area contributed by atoms with E-state index in [1.54, 1.807) is 0 Å². The highest BCUT2D eigenvalue weighted by molar-refractivity contribution is 5.21. The molecule has 2 nitrogen and oxygen atoms in total. The molecule has 0 saturated carbocycles. The van der Waals surface area contributed by atoms with Gasteiger partial charge in [-0.3, -0.25) is 0 Å². The van der Waals surface area contributed by atoms with E-state index < -0.39 is 12.6 Å². The van der Waals surface area contributed by atoms with Gasteiger partial charge in [-0.25, -0.2) is 0 Å². The average molecular weight is 289 g/mol. The summed E-state index contributed by atoms with van der Waals surface area (Å²) < 4.78 is 41.0. The lowest BCUT2D eigenvalue weighted by Crippen LogP contribution is -2.13. The summed E-state index contributed by atoms with van der Waals surface area (Å²) in [6.07, 6.45) is -3.75. The minimum absolute atomic E-state index is 0.0164. The molecule has 1 aromatic carbocycles. The molecule has 0 atom stereocenters. The van der Waals surface area contributed by atoms with Gasteiger partial charge in [0.2, 0.25) is 0 Å². The van der Waals surface area contributed by atoms with Crippen molar-refractivity contribution in [3.63, 3.8) is 0 Å². The highest BCUT2D eigenvalue weighted by Crippen LogP contribution is 2.21. The summed E-state index contributed by atoms with van der Waals surface area (Å²) in [4.78, 5) is 0. The Hall–Kier alpha value is -1.07. The SMILES string of the molecule is CCCNCc1ccc(COCCCC(F)(F)F)cc1. The van der Waals surface area contributed by atoms with Gasteiger partial charge in [-0.15, -0.1) is 0 Å².